The van der Waals surface area contributed by atoms with Crippen molar-refractivity contribution in [3.8, 4) is 0 Å². The summed E-state index contributed by atoms with van der Waals surface area (Å²) >= 11 is 8.12. The quantitative estimate of drug-likeness (QED) is 0.632. The van der Waals surface area contributed by atoms with Gasteiger partial charge in [-0.3, -0.25) is 0 Å². The van der Waals surface area contributed by atoms with E-state index in [2.05, 4.69) is 38.2 Å². The van der Waals surface area contributed by atoms with Crippen LogP contribution in [0.15, 0.2) is 23.1 Å². The Hall–Kier alpha value is -0.220. The van der Waals surface area contributed by atoms with Crippen molar-refractivity contribution < 1.29 is 4.74 Å². The van der Waals surface area contributed by atoms with Gasteiger partial charge < -0.3 is 10.1 Å². The molecule has 0 aromatic heterocycles. The maximum Gasteiger partial charge on any atom is 0.0587 e. The summed E-state index contributed by atoms with van der Waals surface area (Å²) in [5.41, 5.74) is 1.13. The third-order valence-corrected chi connectivity index (χ3v) is 3.70. The zero-order valence-electron chi connectivity index (χ0n) is 11.5. The molecule has 1 rings (SSSR count). The summed E-state index contributed by atoms with van der Waals surface area (Å²) < 4.78 is 5.20. The number of methoxy groups -OCH3 is 1. The topological polar surface area (TPSA) is 21.3 Å². The van der Waals surface area contributed by atoms with Crippen LogP contribution in [0.1, 0.15) is 26.3 Å². The van der Waals surface area contributed by atoms with Gasteiger partial charge >= 0.3 is 0 Å². The second kappa shape index (κ2) is 7.39. The number of rotatable bonds is 6. The summed E-state index contributed by atoms with van der Waals surface area (Å²) in [6.45, 7) is 8.94. The molecule has 0 unspecified atom stereocenters. The molecular weight excluding hydrogens is 266 g/mol. The Morgan fingerprint density at radius 2 is 2.06 bits per heavy atom. The lowest BCUT2D eigenvalue weighted by Crippen LogP contribution is -2.18. The predicted molar refractivity (Wildman–Crippen MR) is 80.6 cm³/mol. The smallest absolute Gasteiger partial charge is 0.0587 e. The number of thioether (sulfide) groups is 1. The first-order valence-corrected chi connectivity index (χ1v) is 7.29. The molecule has 0 aliphatic carbocycles. The molecule has 0 aliphatic heterocycles. The van der Waals surface area contributed by atoms with E-state index in [1.807, 2.05) is 17.8 Å². The summed E-state index contributed by atoms with van der Waals surface area (Å²) in [5.74, 6) is 0. The predicted octanol–water partition coefficient (Wildman–Crippen LogP) is 3.97. The molecule has 0 fully saturated rings. The van der Waals surface area contributed by atoms with Gasteiger partial charge in [0.2, 0.25) is 0 Å². The Kier molecular flexibility index (Phi) is 6.50. The summed E-state index contributed by atoms with van der Waals surface area (Å²) in [4.78, 5) is 1.22. The van der Waals surface area contributed by atoms with Crippen LogP contribution < -0.4 is 5.32 Å². The number of benzene rings is 1. The molecule has 0 spiro atoms. The zero-order valence-corrected chi connectivity index (χ0v) is 13.1. The maximum atomic E-state index is 6.29. The molecule has 0 aliphatic rings. The van der Waals surface area contributed by atoms with Crippen molar-refractivity contribution in [1.82, 2.24) is 5.32 Å². The Balaban J connectivity index is 2.57. The van der Waals surface area contributed by atoms with E-state index < -0.39 is 0 Å². The van der Waals surface area contributed by atoms with E-state index in [0.29, 0.717) is 0 Å². The highest BCUT2D eigenvalue weighted by atomic mass is 35.5. The molecule has 0 radical (unpaired) electrons. The van der Waals surface area contributed by atoms with Crippen LogP contribution in [0.5, 0.6) is 0 Å². The summed E-state index contributed by atoms with van der Waals surface area (Å²) in [5, 5.41) is 4.12. The lowest BCUT2D eigenvalue weighted by atomic mass is 10.2. The fourth-order valence-electron chi connectivity index (χ4n) is 1.49. The molecule has 4 heteroatoms. The standard InChI is InChI=1S/C14H22ClNOS/c1-14(2,3)18-12-6-5-11(13(15)9-12)10-16-7-8-17-4/h5-6,9,16H,7-8,10H2,1-4H3. The Morgan fingerprint density at radius 3 is 2.61 bits per heavy atom. The highest BCUT2D eigenvalue weighted by Crippen LogP contribution is 2.33. The van der Waals surface area contributed by atoms with Crippen LogP contribution in [-0.2, 0) is 11.3 Å². The van der Waals surface area contributed by atoms with Gasteiger partial charge in [-0.25, -0.2) is 0 Å². The van der Waals surface area contributed by atoms with Gasteiger partial charge in [-0.05, 0) is 17.7 Å². The van der Waals surface area contributed by atoms with Gasteiger partial charge in [0.15, 0.2) is 0 Å². The van der Waals surface area contributed by atoms with Gasteiger partial charge in [-0.1, -0.05) is 38.4 Å². The van der Waals surface area contributed by atoms with Crippen LogP contribution in [-0.4, -0.2) is 25.0 Å². The fraction of sp³-hybridized carbons (Fsp3) is 0.571. The molecule has 0 heterocycles. The Bertz CT molecular complexity index is 377. The first-order valence-electron chi connectivity index (χ1n) is 6.09. The van der Waals surface area contributed by atoms with E-state index >= 15 is 0 Å². The van der Waals surface area contributed by atoms with Gasteiger partial charge in [0.1, 0.15) is 0 Å². The molecule has 2 nitrogen and oxygen atoms in total. The first kappa shape index (κ1) is 15.8. The number of halogens is 1. The largest absolute Gasteiger partial charge is 0.383 e. The molecule has 1 aromatic rings. The van der Waals surface area contributed by atoms with Crippen molar-refractivity contribution in [3.05, 3.63) is 28.8 Å². The molecule has 0 bridgehead atoms. The SMILES string of the molecule is COCCNCc1ccc(SC(C)(C)C)cc1Cl. The molecule has 18 heavy (non-hydrogen) atoms. The van der Waals surface area contributed by atoms with E-state index in [0.717, 1.165) is 30.3 Å². The Morgan fingerprint density at radius 1 is 1.33 bits per heavy atom. The number of hydrogen-bond donors (Lipinski definition) is 1. The molecule has 0 saturated heterocycles. The lowest BCUT2D eigenvalue weighted by Gasteiger charge is -2.18. The van der Waals surface area contributed by atoms with Crippen molar-refractivity contribution in [2.45, 2.75) is 37.0 Å². The van der Waals surface area contributed by atoms with Crippen LogP contribution in [0.2, 0.25) is 5.02 Å². The van der Waals surface area contributed by atoms with Gasteiger partial charge in [-0.2, -0.15) is 0 Å². The van der Waals surface area contributed by atoms with Gasteiger partial charge in [0.05, 0.1) is 6.61 Å². The van der Waals surface area contributed by atoms with Crippen molar-refractivity contribution >= 4 is 23.4 Å². The molecule has 1 N–H and O–H groups in total. The third kappa shape index (κ3) is 6.10. The monoisotopic (exact) mass is 287 g/mol. The zero-order chi connectivity index (χ0) is 13.6. The summed E-state index contributed by atoms with van der Waals surface area (Å²) in [7, 11) is 1.70. The second-order valence-electron chi connectivity index (χ2n) is 5.14. The number of ether oxygens (including phenoxy) is 1. The third-order valence-electron chi connectivity index (χ3n) is 2.25. The minimum absolute atomic E-state index is 0.210. The average Bonchev–Trinajstić information content (AvgIpc) is 2.24. The maximum absolute atomic E-state index is 6.29. The highest BCUT2D eigenvalue weighted by molar-refractivity contribution is 8.00. The van der Waals surface area contributed by atoms with Crippen LogP contribution in [0.3, 0.4) is 0 Å². The minimum atomic E-state index is 0.210. The van der Waals surface area contributed by atoms with Gasteiger partial charge in [-0.15, -0.1) is 11.8 Å². The van der Waals surface area contributed by atoms with E-state index in [-0.39, 0.29) is 4.75 Å². The molecule has 0 atom stereocenters. The van der Waals surface area contributed by atoms with Gasteiger partial charge in [0.25, 0.3) is 0 Å². The van der Waals surface area contributed by atoms with Crippen LogP contribution in [0.25, 0.3) is 0 Å². The van der Waals surface area contributed by atoms with Crippen molar-refractivity contribution in [1.29, 1.82) is 0 Å². The van der Waals surface area contributed by atoms with Crippen molar-refractivity contribution in [2.24, 2.45) is 0 Å². The highest BCUT2D eigenvalue weighted by Gasteiger charge is 2.12. The van der Waals surface area contributed by atoms with E-state index in [1.54, 1.807) is 7.11 Å². The normalized spacial score (nSPS) is 11.8. The summed E-state index contributed by atoms with van der Waals surface area (Å²) in [6, 6.07) is 6.27. The molecular formula is C14H22ClNOS. The van der Waals surface area contributed by atoms with Gasteiger partial charge in [0, 0.05) is 34.9 Å². The molecule has 0 saturated carbocycles. The average molecular weight is 288 g/mol. The number of hydrogen-bond acceptors (Lipinski definition) is 3. The van der Waals surface area contributed by atoms with E-state index in [4.69, 9.17) is 16.3 Å². The van der Waals surface area contributed by atoms with Crippen LogP contribution in [0.4, 0.5) is 0 Å². The van der Waals surface area contributed by atoms with Crippen LogP contribution in [0, 0.1) is 0 Å². The Labute approximate surface area is 119 Å². The molecule has 0 amide bonds. The fourth-order valence-corrected chi connectivity index (χ4v) is 2.82. The minimum Gasteiger partial charge on any atom is -0.383 e. The van der Waals surface area contributed by atoms with Crippen molar-refractivity contribution in [2.75, 3.05) is 20.3 Å². The van der Waals surface area contributed by atoms with Crippen LogP contribution >= 0.6 is 23.4 Å². The van der Waals surface area contributed by atoms with Crippen molar-refractivity contribution in [3.63, 3.8) is 0 Å². The second-order valence-corrected chi connectivity index (χ2v) is 7.44. The molecule has 1 aromatic carbocycles. The van der Waals surface area contributed by atoms with E-state index in [1.165, 1.54) is 4.90 Å². The lowest BCUT2D eigenvalue weighted by molar-refractivity contribution is 0.199. The summed E-state index contributed by atoms with van der Waals surface area (Å²) in [6.07, 6.45) is 0. The molecule has 102 valence electrons. The number of nitrogens with one attached hydrogen (secondary N) is 1. The van der Waals surface area contributed by atoms with E-state index in [9.17, 15) is 0 Å². The first-order chi connectivity index (χ1) is 8.42.